The average Bonchev–Trinajstić information content (AvgIpc) is 2.15. The molecular formula is C10H13ClFN. The summed E-state index contributed by atoms with van der Waals surface area (Å²) in [7, 11) is 0. The van der Waals surface area contributed by atoms with E-state index in [1.807, 2.05) is 12.1 Å². The number of aryl methyl sites for hydroxylation is 1. The molecule has 0 heterocycles. The third-order valence-corrected chi connectivity index (χ3v) is 2.35. The molecule has 72 valence electrons. The molecule has 0 aliphatic heterocycles. The largest absolute Gasteiger partial charge is 0.330 e. The normalized spacial score (nSPS) is 10.4. The second kappa shape index (κ2) is 5.20. The minimum atomic E-state index is -0.500. The third kappa shape index (κ3) is 2.68. The lowest BCUT2D eigenvalue weighted by molar-refractivity contribution is 0.482. The van der Waals surface area contributed by atoms with Crippen LogP contribution in [-0.2, 0) is 13.1 Å². The molecule has 0 unspecified atom stereocenters. The van der Waals surface area contributed by atoms with Gasteiger partial charge in [-0.2, -0.15) is 0 Å². The van der Waals surface area contributed by atoms with Gasteiger partial charge in [-0.05, 0) is 31.0 Å². The smallest absolute Gasteiger partial charge is 0.116 e. The van der Waals surface area contributed by atoms with Crippen molar-refractivity contribution in [3.05, 3.63) is 34.3 Å². The van der Waals surface area contributed by atoms with Crippen molar-refractivity contribution >= 4 is 11.6 Å². The van der Waals surface area contributed by atoms with Crippen LogP contribution in [0, 0.1) is 0 Å². The van der Waals surface area contributed by atoms with Gasteiger partial charge in [-0.1, -0.05) is 23.7 Å². The average molecular weight is 202 g/mol. The SMILES string of the molecule is NCCCc1cccc(Cl)c1CF. The van der Waals surface area contributed by atoms with Gasteiger partial charge in [0.2, 0.25) is 0 Å². The van der Waals surface area contributed by atoms with Crippen LogP contribution in [0.5, 0.6) is 0 Å². The van der Waals surface area contributed by atoms with Gasteiger partial charge in [0, 0.05) is 10.6 Å². The van der Waals surface area contributed by atoms with E-state index in [4.69, 9.17) is 17.3 Å². The first-order chi connectivity index (χ1) is 6.29. The molecule has 0 spiro atoms. The summed E-state index contributed by atoms with van der Waals surface area (Å²) in [5.74, 6) is 0. The Labute approximate surface area is 82.7 Å². The summed E-state index contributed by atoms with van der Waals surface area (Å²) in [4.78, 5) is 0. The summed E-state index contributed by atoms with van der Waals surface area (Å²) in [5, 5.41) is 0.511. The fourth-order valence-electron chi connectivity index (χ4n) is 1.28. The molecule has 0 aliphatic rings. The molecule has 0 saturated carbocycles. The number of alkyl halides is 1. The number of halogens is 2. The second-order valence-corrected chi connectivity index (χ2v) is 3.31. The van der Waals surface area contributed by atoms with Crippen LogP contribution in [0.3, 0.4) is 0 Å². The van der Waals surface area contributed by atoms with Gasteiger partial charge in [0.25, 0.3) is 0 Å². The van der Waals surface area contributed by atoms with E-state index < -0.39 is 6.67 Å². The molecule has 0 atom stereocenters. The van der Waals surface area contributed by atoms with Gasteiger partial charge < -0.3 is 5.73 Å². The van der Waals surface area contributed by atoms with Crippen LogP contribution in [0.1, 0.15) is 17.5 Å². The minimum absolute atomic E-state index is 0.500. The van der Waals surface area contributed by atoms with E-state index in [0.29, 0.717) is 17.1 Å². The Hall–Kier alpha value is -0.600. The maximum atomic E-state index is 12.6. The minimum Gasteiger partial charge on any atom is -0.330 e. The molecule has 0 bridgehead atoms. The molecule has 0 aromatic heterocycles. The Kier molecular flexibility index (Phi) is 4.19. The topological polar surface area (TPSA) is 26.0 Å². The number of hydrogen-bond donors (Lipinski definition) is 1. The number of rotatable bonds is 4. The summed E-state index contributed by atoms with van der Waals surface area (Å²) >= 11 is 5.84. The quantitative estimate of drug-likeness (QED) is 0.797. The highest BCUT2D eigenvalue weighted by Crippen LogP contribution is 2.21. The zero-order valence-corrected chi connectivity index (χ0v) is 8.15. The van der Waals surface area contributed by atoms with Crippen LogP contribution in [0.4, 0.5) is 4.39 Å². The highest BCUT2D eigenvalue weighted by Gasteiger charge is 2.05. The van der Waals surface area contributed by atoms with Crippen molar-refractivity contribution in [1.82, 2.24) is 0 Å². The van der Waals surface area contributed by atoms with Crippen LogP contribution in [0.15, 0.2) is 18.2 Å². The fraction of sp³-hybridized carbons (Fsp3) is 0.400. The van der Waals surface area contributed by atoms with Crippen LogP contribution in [-0.4, -0.2) is 6.54 Å². The van der Waals surface area contributed by atoms with Crippen LogP contribution >= 0.6 is 11.6 Å². The maximum absolute atomic E-state index is 12.6. The van der Waals surface area contributed by atoms with Gasteiger partial charge in [-0.15, -0.1) is 0 Å². The van der Waals surface area contributed by atoms with Gasteiger partial charge in [-0.25, -0.2) is 4.39 Å². The second-order valence-electron chi connectivity index (χ2n) is 2.90. The molecular weight excluding hydrogens is 189 g/mol. The van der Waals surface area contributed by atoms with E-state index >= 15 is 0 Å². The predicted octanol–water partition coefficient (Wildman–Crippen LogP) is 2.70. The standard InChI is InChI=1S/C10H13ClFN/c11-10-5-1-3-8(4-2-6-13)9(10)7-12/h1,3,5H,2,4,6-7,13H2. The Bertz CT molecular complexity index is 276. The van der Waals surface area contributed by atoms with Crippen LogP contribution < -0.4 is 5.73 Å². The lowest BCUT2D eigenvalue weighted by atomic mass is 10.0. The Morgan fingerprint density at radius 1 is 1.38 bits per heavy atom. The molecule has 0 aliphatic carbocycles. The van der Waals surface area contributed by atoms with Crippen molar-refractivity contribution < 1.29 is 4.39 Å². The highest BCUT2D eigenvalue weighted by molar-refractivity contribution is 6.31. The van der Waals surface area contributed by atoms with Gasteiger partial charge in [-0.3, -0.25) is 0 Å². The van der Waals surface area contributed by atoms with Crippen molar-refractivity contribution in [2.24, 2.45) is 5.73 Å². The van der Waals surface area contributed by atoms with Gasteiger partial charge in [0.1, 0.15) is 6.67 Å². The molecule has 1 aromatic carbocycles. The number of benzene rings is 1. The van der Waals surface area contributed by atoms with Crippen molar-refractivity contribution in [2.75, 3.05) is 6.54 Å². The van der Waals surface area contributed by atoms with E-state index in [1.165, 1.54) is 0 Å². The van der Waals surface area contributed by atoms with Gasteiger partial charge in [0.15, 0.2) is 0 Å². The number of hydrogen-bond acceptors (Lipinski definition) is 1. The van der Waals surface area contributed by atoms with E-state index in [0.717, 1.165) is 18.4 Å². The Balaban J connectivity index is 2.85. The summed E-state index contributed by atoms with van der Waals surface area (Å²) in [6.07, 6.45) is 1.67. The summed E-state index contributed by atoms with van der Waals surface area (Å²) in [5.41, 5.74) is 6.96. The van der Waals surface area contributed by atoms with E-state index in [9.17, 15) is 4.39 Å². The van der Waals surface area contributed by atoms with Crippen molar-refractivity contribution in [1.29, 1.82) is 0 Å². The highest BCUT2D eigenvalue weighted by atomic mass is 35.5. The van der Waals surface area contributed by atoms with Crippen LogP contribution in [0.25, 0.3) is 0 Å². The molecule has 2 N–H and O–H groups in total. The fourth-order valence-corrected chi connectivity index (χ4v) is 1.52. The van der Waals surface area contributed by atoms with E-state index in [1.54, 1.807) is 6.07 Å². The first-order valence-corrected chi connectivity index (χ1v) is 4.69. The lowest BCUT2D eigenvalue weighted by Gasteiger charge is -2.07. The maximum Gasteiger partial charge on any atom is 0.116 e. The predicted molar refractivity (Wildman–Crippen MR) is 53.6 cm³/mol. The lowest BCUT2D eigenvalue weighted by Crippen LogP contribution is -2.02. The Morgan fingerprint density at radius 2 is 2.15 bits per heavy atom. The zero-order valence-electron chi connectivity index (χ0n) is 7.39. The van der Waals surface area contributed by atoms with Gasteiger partial charge >= 0.3 is 0 Å². The molecule has 0 fully saturated rings. The van der Waals surface area contributed by atoms with Crippen molar-refractivity contribution in [3.8, 4) is 0 Å². The molecule has 3 heteroatoms. The zero-order chi connectivity index (χ0) is 9.68. The molecule has 0 saturated heterocycles. The van der Waals surface area contributed by atoms with E-state index in [2.05, 4.69) is 0 Å². The van der Waals surface area contributed by atoms with E-state index in [-0.39, 0.29) is 0 Å². The molecule has 0 radical (unpaired) electrons. The summed E-state index contributed by atoms with van der Waals surface area (Å²) in [6.45, 7) is 0.123. The number of nitrogens with two attached hydrogens (primary N) is 1. The van der Waals surface area contributed by atoms with Gasteiger partial charge in [0.05, 0.1) is 0 Å². The van der Waals surface area contributed by atoms with Crippen molar-refractivity contribution in [2.45, 2.75) is 19.5 Å². The monoisotopic (exact) mass is 201 g/mol. The first-order valence-electron chi connectivity index (χ1n) is 4.32. The third-order valence-electron chi connectivity index (χ3n) is 2.00. The van der Waals surface area contributed by atoms with Crippen LogP contribution in [0.2, 0.25) is 5.02 Å². The molecule has 1 nitrogen and oxygen atoms in total. The first kappa shape index (κ1) is 10.5. The summed E-state index contributed by atoms with van der Waals surface area (Å²) < 4.78 is 12.6. The van der Waals surface area contributed by atoms with Crippen molar-refractivity contribution in [3.63, 3.8) is 0 Å². The summed E-state index contributed by atoms with van der Waals surface area (Å²) in [6, 6.07) is 5.45. The molecule has 0 amide bonds. The Morgan fingerprint density at radius 3 is 2.77 bits per heavy atom. The molecule has 1 aromatic rings. The molecule has 13 heavy (non-hydrogen) atoms. The molecule has 1 rings (SSSR count).